The highest BCUT2D eigenvalue weighted by Crippen LogP contribution is 2.38. The van der Waals surface area contributed by atoms with Crippen LogP contribution in [-0.4, -0.2) is 72.7 Å². The van der Waals surface area contributed by atoms with Gasteiger partial charge in [0.05, 0.1) is 39.0 Å². The fourth-order valence-electron chi connectivity index (χ4n) is 4.44. The van der Waals surface area contributed by atoms with Crippen LogP contribution in [0.2, 0.25) is 10.0 Å². The van der Waals surface area contributed by atoms with Crippen molar-refractivity contribution in [1.29, 1.82) is 0 Å². The van der Waals surface area contributed by atoms with Crippen LogP contribution in [-0.2, 0) is 26.2 Å². The number of rotatable bonds is 15. The third kappa shape index (κ3) is 8.24. The van der Waals surface area contributed by atoms with Crippen LogP contribution in [0.1, 0.15) is 25.8 Å². The summed E-state index contributed by atoms with van der Waals surface area (Å²) in [7, 11) is 1.12. The van der Waals surface area contributed by atoms with Gasteiger partial charge in [0.25, 0.3) is 10.0 Å². The van der Waals surface area contributed by atoms with Gasteiger partial charge >= 0.3 is 0 Å². The molecule has 3 rings (SSSR count). The van der Waals surface area contributed by atoms with Gasteiger partial charge in [0.2, 0.25) is 11.8 Å². The molecule has 0 aliphatic rings. The molecule has 1 N–H and O–H groups in total. The second-order valence-corrected chi connectivity index (χ2v) is 12.4. The summed E-state index contributed by atoms with van der Waals surface area (Å²) in [5.74, 6) is -0.188. The monoisotopic (exact) mass is 681 g/mol. The molecule has 14 heteroatoms. The van der Waals surface area contributed by atoms with Crippen molar-refractivity contribution in [3.05, 3.63) is 70.2 Å². The number of benzene rings is 3. The van der Waals surface area contributed by atoms with Gasteiger partial charge in [-0.1, -0.05) is 36.2 Å². The summed E-state index contributed by atoms with van der Waals surface area (Å²) in [6, 6.07) is 12.5. The molecule has 1 atom stereocenters. The van der Waals surface area contributed by atoms with Gasteiger partial charge in [-0.3, -0.25) is 13.9 Å². The normalized spacial score (nSPS) is 11.7. The standard InChI is InChI=1S/C31H37Cl2N3O8S/c1-7-15-34-31(38)20(2)35(18-23-24(32)9-8-10-25(23)33)30(37)19-36(26-16-21(41-3)11-13-27(26)42-4)45(39,40)22-12-14-28(43-5)29(17-22)44-6/h8-14,16-17,20H,7,15,18-19H2,1-6H3,(H,34,38). The molecule has 3 aromatic rings. The number of carbonyl (C=O) groups is 2. The van der Waals surface area contributed by atoms with E-state index in [-0.39, 0.29) is 38.7 Å². The Morgan fingerprint density at radius 2 is 1.49 bits per heavy atom. The van der Waals surface area contributed by atoms with Crippen molar-refractivity contribution < 1.29 is 37.0 Å². The lowest BCUT2D eigenvalue weighted by atomic mass is 10.1. The number of anilines is 1. The van der Waals surface area contributed by atoms with Crippen LogP contribution < -0.4 is 28.6 Å². The second-order valence-electron chi connectivity index (χ2n) is 9.76. The van der Waals surface area contributed by atoms with E-state index in [0.717, 1.165) is 4.31 Å². The molecule has 244 valence electrons. The lowest BCUT2D eigenvalue weighted by Crippen LogP contribution is -2.51. The van der Waals surface area contributed by atoms with Crippen LogP contribution in [0.5, 0.6) is 23.0 Å². The van der Waals surface area contributed by atoms with Crippen LogP contribution in [0.3, 0.4) is 0 Å². The van der Waals surface area contributed by atoms with Crippen LogP contribution in [0.15, 0.2) is 59.5 Å². The summed E-state index contributed by atoms with van der Waals surface area (Å²) < 4.78 is 51.1. The summed E-state index contributed by atoms with van der Waals surface area (Å²) >= 11 is 12.9. The van der Waals surface area contributed by atoms with Crippen LogP contribution in [0.4, 0.5) is 5.69 Å². The van der Waals surface area contributed by atoms with E-state index >= 15 is 0 Å². The molecule has 0 fully saturated rings. The molecule has 1 unspecified atom stereocenters. The summed E-state index contributed by atoms with van der Waals surface area (Å²) in [5, 5.41) is 3.35. The minimum atomic E-state index is -4.49. The number of ether oxygens (including phenoxy) is 4. The van der Waals surface area contributed by atoms with Crippen LogP contribution in [0, 0.1) is 0 Å². The van der Waals surface area contributed by atoms with Gasteiger partial charge in [-0.25, -0.2) is 8.42 Å². The number of halogens is 2. The Hall–Kier alpha value is -3.87. The lowest BCUT2D eigenvalue weighted by Gasteiger charge is -2.32. The first-order valence-electron chi connectivity index (χ1n) is 13.9. The molecule has 0 aliphatic carbocycles. The van der Waals surface area contributed by atoms with E-state index in [2.05, 4.69) is 5.32 Å². The fraction of sp³-hybridized carbons (Fsp3) is 0.355. The van der Waals surface area contributed by atoms with Gasteiger partial charge in [0.1, 0.15) is 24.1 Å². The first-order valence-corrected chi connectivity index (χ1v) is 16.1. The fourth-order valence-corrected chi connectivity index (χ4v) is 6.39. The molecule has 0 radical (unpaired) electrons. The molecule has 0 heterocycles. The quantitative estimate of drug-likeness (QED) is 0.233. The van der Waals surface area contributed by atoms with Gasteiger partial charge in [-0.2, -0.15) is 0 Å². The Balaban J connectivity index is 2.20. The smallest absolute Gasteiger partial charge is 0.265 e. The zero-order valence-corrected chi connectivity index (χ0v) is 28.3. The second kappa shape index (κ2) is 15.9. The van der Waals surface area contributed by atoms with E-state index in [9.17, 15) is 18.0 Å². The van der Waals surface area contributed by atoms with Crippen molar-refractivity contribution in [3.63, 3.8) is 0 Å². The van der Waals surface area contributed by atoms with E-state index in [0.29, 0.717) is 30.0 Å². The van der Waals surface area contributed by atoms with Crippen LogP contribution >= 0.6 is 23.2 Å². The maximum atomic E-state index is 14.4. The summed E-state index contributed by atoms with van der Waals surface area (Å²) in [6.45, 7) is 2.94. The number of hydrogen-bond acceptors (Lipinski definition) is 8. The summed E-state index contributed by atoms with van der Waals surface area (Å²) in [4.78, 5) is 28.4. The molecule has 0 spiro atoms. The van der Waals surface area contributed by atoms with Gasteiger partial charge in [0, 0.05) is 40.8 Å². The third-order valence-electron chi connectivity index (χ3n) is 6.98. The molecule has 0 saturated carbocycles. The Morgan fingerprint density at radius 3 is 2.07 bits per heavy atom. The van der Waals surface area contributed by atoms with E-state index < -0.39 is 34.4 Å². The molecule has 11 nitrogen and oxygen atoms in total. The summed E-state index contributed by atoms with van der Waals surface area (Å²) in [6.07, 6.45) is 0.676. The minimum absolute atomic E-state index is 0.0267. The largest absolute Gasteiger partial charge is 0.497 e. The van der Waals surface area contributed by atoms with Crippen molar-refractivity contribution in [3.8, 4) is 23.0 Å². The molecular weight excluding hydrogens is 645 g/mol. The van der Waals surface area contributed by atoms with Crippen LogP contribution in [0.25, 0.3) is 0 Å². The zero-order valence-electron chi connectivity index (χ0n) is 25.9. The zero-order chi connectivity index (χ0) is 33.3. The third-order valence-corrected chi connectivity index (χ3v) is 9.45. The van der Waals surface area contributed by atoms with Crippen molar-refractivity contribution in [2.75, 3.05) is 45.8 Å². The van der Waals surface area contributed by atoms with E-state index in [1.807, 2.05) is 6.92 Å². The number of methoxy groups -OCH3 is 4. The minimum Gasteiger partial charge on any atom is -0.497 e. The first kappa shape index (κ1) is 35.6. The van der Waals surface area contributed by atoms with Gasteiger partial charge in [0.15, 0.2) is 11.5 Å². The number of carbonyl (C=O) groups excluding carboxylic acids is 2. The number of sulfonamides is 1. The Bertz CT molecular complexity index is 1600. The molecule has 3 aromatic carbocycles. The average Bonchev–Trinajstić information content (AvgIpc) is 3.04. The molecule has 45 heavy (non-hydrogen) atoms. The molecule has 2 amide bonds. The van der Waals surface area contributed by atoms with Crippen molar-refractivity contribution in [2.45, 2.75) is 37.8 Å². The maximum Gasteiger partial charge on any atom is 0.265 e. The highest BCUT2D eigenvalue weighted by Gasteiger charge is 2.35. The van der Waals surface area contributed by atoms with Crippen molar-refractivity contribution in [2.24, 2.45) is 0 Å². The molecule has 0 aliphatic heterocycles. The highest BCUT2D eigenvalue weighted by molar-refractivity contribution is 7.92. The first-order chi connectivity index (χ1) is 21.4. The van der Waals surface area contributed by atoms with Crippen molar-refractivity contribution in [1.82, 2.24) is 10.2 Å². The number of nitrogens with zero attached hydrogens (tertiary/aromatic N) is 2. The Morgan fingerprint density at radius 1 is 0.867 bits per heavy atom. The molecule has 0 aromatic heterocycles. The molecule has 0 saturated heterocycles. The lowest BCUT2D eigenvalue weighted by molar-refractivity contribution is -0.139. The SMILES string of the molecule is CCCNC(=O)C(C)N(Cc1c(Cl)cccc1Cl)C(=O)CN(c1cc(OC)ccc1OC)S(=O)(=O)c1ccc(OC)c(OC)c1. The topological polar surface area (TPSA) is 124 Å². The number of amides is 2. The highest BCUT2D eigenvalue weighted by atomic mass is 35.5. The van der Waals surface area contributed by atoms with Gasteiger partial charge in [-0.15, -0.1) is 0 Å². The Labute approximate surface area is 274 Å². The molecule has 0 bridgehead atoms. The predicted octanol–water partition coefficient (Wildman–Crippen LogP) is 5.17. The van der Waals surface area contributed by atoms with Crippen molar-refractivity contribution >= 4 is 50.7 Å². The number of nitrogens with one attached hydrogen (secondary N) is 1. The number of hydrogen-bond donors (Lipinski definition) is 1. The van der Waals surface area contributed by atoms with E-state index in [1.54, 1.807) is 31.2 Å². The van der Waals surface area contributed by atoms with E-state index in [4.69, 9.17) is 42.1 Å². The summed E-state index contributed by atoms with van der Waals surface area (Å²) in [5.41, 5.74) is 0.427. The van der Waals surface area contributed by atoms with Gasteiger partial charge < -0.3 is 29.2 Å². The predicted molar refractivity (Wildman–Crippen MR) is 173 cm³/mol. The molecular formula is C31H37Cl2N3O8S. The Kier molecular flexibility index (Phi) is 12.6. The maximum absolute atomic E-state index is 14.4. The van der Waals surface area contributed by atoms with Gasteiger partial charge in [-0.05, 0) is 49.7 Å². The van der Waals surface area contributed by atoms with E-state index in [1.165, 1.54) is 63.7 Å². The average molecular weight is 683 g/mol.